The smallest absolute Gasteiger partial charge is 0.423 e. The van der Waals surface area contributed by atoms with Gasteiger partial charge in [-0.3, -0.25) is 0 Å². The van der Waals surface area contributed by atoms with E-state index < -0.39 is 7.12 Å². The van der Waals surface area contributed by atoms with Crippen molar-refractivity contribution in [3.05, 3.63) is 34.5 Å². The van der Waals surface area contributed by atoms with Crippen LogP contribution in [-0.4, -0.2) is 41.4 Å². The fourth-order valence-corrected chi connectivity index (χ4v) is 3.72. The van der Waals surface area contributed by atoms with Crippen molar-refractivity contribution in [1.29, 1.82) is 5.26 Å². The van der Waals surface area contributed by atoms with E-state index in [1.807, 2.05) is 13.0 Å². The summed E-state index contributed by atoms with van der Waals surface area (Å²) in [5.74, 6) is 0.926. The molecule has 1 saturated heterocycles. The van der Waals surface area contributed by atoms with E-state index >= 15 is 0 Å². The number of nitrogens with zero attached hydrogens (tertiary/aromatic N) is 3. The Balaban J connectivity index is 1.55. The van der Waals surface area contributed by atoms with Crippen LogP contribution in [0.25, 0.3) is 0 Å². The van der Waals surface area contributed by atoms with Crippen molar-refractivity contribution in [2.24, 2.45) is 5.92 Å². The second kappa shape index (κ2) is 7.93. The van der Waals surface area contributed by atoms with E-state index in [-0.39, 0.29) is 12.0 Å². The molecule has 3 N–H and O–H groups in total. The lowest BCUT2D eigenvalue weighted by molar-refractivity contribution is 0.0698. The number of aryl methyl sites for hydroxylation is 1. The van der Waals surface area contributed by atoms with Gasteiger partial charge in [0.25, 0.3) is 0 Å². The maximum absolute atomic E-state index is 9.81. The Bertz CT molecular complexity index is 938. The van der Waals surface area contributed by atoms with Crippen LogP contribution in [0.15, 0.2) is 18.3 Å². The molecule has 1 fully saturated rings. The van der Waals surface area contributed by atoms with Gasteiger partial charge in [0.1, 0.15) is 5.82 Å². The highest BCUT2D eigenvalue weighted by molar-refractivity contribution is 6.65. The van der Waals surface area contributed by atoms with Crippen LogP contribution in [-0.2, 0) is 16.0 Å². The topological polar surface area (TPSA) is 112 Å². The van der Waals surface area contributed by atoms with Crippen molar-refractivity contribution in [3.63, 3.8) is 0 Å². The minimum Gasteiger partial charge on any atom is -0.423 e. The number of hydrogen-bond donors (Lipinski definition) is 3. The third-order valence-corrected chi connectivity index (χ3v) is 5.24. The average molecular weight is 400 g/mol. The number of halogens is 1. The Labute approximate surface area is 168 Å². The summed E-state index contributed by atoms with van der Waals surface area (Å²) >= 11 is 6.28. The summed E-state index contributed by atoms with van der Waals surface area (Å²) in [6.45, 7) is 3.27. The summed E-state index contributed by atoms with van der Waals surface area (Å²) in [7, 11) is -0.992. The van der Waals surface area contributed by atoms with E-state index in [1.54, 1.807) is 12.3 Å². The summed E-state index contributed by atoms with van der Waals surface area (Å²) in [4.78, 5) is 8.87. The molecule has 0 radical (unpaired) electrons. The van der Waals surface area contributed by atoms with Gasteiger partial charge in [-0.25, -0.2) is 4.98 Å². The van der Waals surface area contributed by atoms with Crippen molar-refractivity contribution in [1.82, 2.24) is 9.97 Å². The molecule has 0 spiro atoms. The summed E-state index contributed by atoms with van der Waals surface area (Å²) in [6, 6.07) is 5.78. The van der Waals surface area contributed by atoms with Gasteiger partial charge < -0.3 is 25.0 Å². The largest absolute Gasteiger partial charge is 0.493 e. The molecule has 28 heavy (non-hydrogen) atoms. The van der Waals surface area contributed by atoms with Gasteiger partial charge >= 0.3 is 7.12 Å². The molecule has 2 atom stereocenters. The number of anilines is 3. The molecule has 3 heterocycles. The van der Waals surface area contributed by atoms with Crippen molar-refractivity contribution >= 4 is 41.6 Å². The van der Waals surface area contributed by atoms with Gasteiger partial charge in [-0.05, 0) is 31.0 Å². The molecule has 144 valence electrons. The van der Waals surface area contributed by atoms with Gasteiger partial charge in [-0.2, -0.15) is 10.2 Å². The van der Waals surface area contributed by atoms with Gasteiger partial charge in [0.15, 0.2) is 0 Å². The lowest BCUT2D eigenvalue weighted by Crippen LogP contribution is -2.38. The predicted octanol–water partition coefficient (Wildman–Crippen LogP) is 1.74. The van der Waals surface area contributed by atoms with E-state index in [2.05, 4.69) is 26.7 Å². The lowest BCUT2D eigenvalue weighted by Gasteiger charge is -2.28. The fourth-order valence-electron chi connectivity index (χ4n) is 3.38. The molecule has 2 aliphatic rings. The van der Waals surface area contributed by atoms with Crippen LogP contribution in [0, 0.1) is 24.2 Å². The number of aromatic nitrogens is 2. The Morgan fingerprint density at radius 3 is 3.11 bits per heavy atom. The van der Waals surface area contributed by atoms with Crippen molar-refractivity contribution in [2.75, 3.05) is 23.8 Å². The van der Waals surface area contributed by atoms with Gasteiger partial charge in [0.05, 0.1) is 31.2 Å². The standard InChI is InChI=1S/C18H19BClN5O3/c1-10-7-22-18(25-17(10)24-15-9-27-3-2-11(15)6-21)23-13-4-12-8-28-19(26)16(12)14(20)5-13/h4-5,7,11,15,26H,2-3,8-9H2,1H3,(H2,22,23,24,25)/t11-,15+/m1/s1. The molecule has 0 saturated carbocycles. The molecule has 1 aromatic carbocycles. The SMILES string of the molecule is Cc1cnc(Nc2cc(Cl)c3c(c2)COB3O)nc1N[C@H]1COCC[C@@H]1C#N. The van der Waals surface area contributed by atoms with Crippen LogP contribution < -0.4 is 16.1 Å². The minimum absolute atomic E-state index is 0.117. The molecule has 8 nitrogen and oxygen atoms in total. The van der Waals surface area contributed by atoms with Gasteiger partial charge in [0, 0.05) is 34.5 Å². The van der Waals surface area contributed by atoms with Crippen LogP contribution in [0.5, 0.6) is 0 Å². The first-order valence-electron chi connectivity index (χ1n) is 9.01. The first kappa shape index (κ1) is 19.0. The molecule has 4 rings (SSSR count). The maximum atomic E-state index is 9.81. The molecule has 10 heteroatoms. The Kier molecular flexibility index (Phi) is 5.37. The van der Waals surface area contributed by atoms with E-state index in [9.17, 15) is 10.3 Å². The number of benzene rings is 1. The second-order valence-corrected chi connectivity index (χ2v) is 7.30. The van der Waals surface area contributed by atoms with Crippen LogP contribution in [0.2, 0.25) is 5.02 Å². The van der Waals surface area contributed by atoms with Crippen LogP contribution in [0.1, 0.15) is 17.5 Å². The minimum atomic E-state index is -0.992. The number of rotatable bonds is 4. The molecule has 0 aliphatic carbocycles. The lowest BCUT2D eigenvalue weighted by atomic mass is 9.79. The van der Waals surface area contributed by atoms with Crippen LogP contribution in [0.3, 0.4) is 0 Å². The zero-order valence-electron chi connectivity index (χ0n) is 15.3. The molecule has 2 aromatic rings. The molecule has 1 aromatic heterocycles. The average Bonchev–Trinajstić information content (AvgIpc) is 3.06. The third kappa shape index (κ3) is 3.77. The first-order chi connectivity index (χ1) is 13.5. The third-order valence-electron chi connectivity index (χ3n) is 4.93. The zero-order valence-corrected chi connectivity index (χ0v) is 16.0. The zero-order chi connectivity index (χ0) is 19.7. The van der Waals surface area contributed by atoms with Crippen molar-refractivity contribution in [2.45, 2.75) is 26.0 Å². The van der Waals surface area contributed by atoms with Crippen LogP contribution >= 0.6 is 11.6 Å². The number of nitrogens with one attached hydrogen (secondary N) is 2. The van der Waals surface area contributed by atoms with Gasteiger partial charge in [-0.15, -0.1) is 0 Å². The molecule has 0 bridgehead atoms. The second-order valence-electron chi connectivity index (χ2n) is 6.89. The molecular weight excluding hydrogens is 380 g/mol. The summed E-state index contributed by atoms with van der Waals surface area (Å²) in [5, 5.41) is 26.0. The number of nitriles is 1. The normalized spacial score (nSPS) is 21.1. The quantitative estimate of drug-likeness (QED) is 0.667. The molecule has 0 unspecified atom stereocenters. The van der Waals surface area contributed by atoms with Gasteiger partial charge in [-0.1, -0.05) is 11.6 Å². The number of hydrogen-bond acceptors (Lipinski definition) is 8. The van der Waals surface area contributed by atoms with E-state index in [4.69, 9.17) is 21.0 Å². The predicted molar refractivity (Wildman–Crippen MR) is 106 cm³/mol. The highest BCUT2D eigenvalue weighted by Gasteiger charge is 2.30. The summed E-state index contributed by atoms with van der Waals surface area (Å²) in [6.07, 6.45) is 2.41. The molecular formula is C18H19BClN5O3. The van der Waals surface area contributed by atoms with E-state index in [1.165, 1.54) is 0 Å². The molecule has 2 aliphatic heterocycles. The van der Waals surface area contributed by atoms with E-state index in [0.717, 1.165) is 11.1 Å². The number of ether oxygens (including phenoxy) is 1. The van der Waals surface area contributed by atoms with Crippen molar-refractivity contribution < 1.29 is 14.4 Å². The highest BCUT2D eigenvalue weighted by Crippen LogP contribution is 2.26. The fraction of sp³-hybridized carbons (Fsp3) is 0.389. The van der Waals surface area contributed by atoms with Crippen molar-refractivity contribution in [3.8, 4) is 6.07 Å². The first-order valence-corrected chi connectivity index (χ1v) is 9.39. The van der Waals surface area contributed by atoms with Crippen LogP contribution in [0.4, 0.5) is 17.5 Å². The number of fused-ring (bicyclic) bond motifs is 1. The van der Waals surface area contributed by atoms with Gasteiger partial charge in [0.2, 0.25) is 5.95 Å². The monoisotopic (exact) mass is 399 g/mol. The molecule has 0 amide bonds. The Morgan fingerprint density at radius 1 is 1.43 bits per heavy atom. The maximum Gasteiger partial charge on any atom is 0.493 e. The highest BCUT2D eigenvalue weighted by atomic mass is 35.5. The summed E-state index contributed by atoms with van der Waals surface area (Å²) < 4.78 is 10.7. The summed E-state index contributed by atoms with van der Waals surface area (Å²) in [5.41, 5.74) is 2.99. The van der Waals surface area contributed by atoms with E-state index in [0.29, 0.717) is 54.2 Å². The Hall–Kier alpha value is -2.38. The Morgan fingerprint density at radius 2 is 2.29 bits per heavy atom.